The number of benzene rings is 1. The van der Waals surface area contributed by atoms with Gasteiger partial charge in [-0.25, -0.2) is 13.5 Å². The van der Waals surface area contributed by atoms with Crippen LogP contribution in [0.25, 0.3) is 11.3 Å². The first kappa shape index (κ1) is 26.7. The van der Waals surface area contributed by atoms with E-state index >= 15 is 0 Å². The Hall–Kier alpha value is -2.40. The summed E-state index contributed by atoms with van der Waals surface area (Å²) >= 11 is 12.4. The maximum absolute atomic E-state index is 13.9. The van der Waals surface area contributed by atoms with E-state index in [9.17, 15) is 13.6 Å². The quantitative estimate of drug-likeness (QED) is 0.189. The summed E-state index contributed by atoms with van der Waals surface area (Å²) in [4.78, 5) is 15.0. The summed E-state index contributed by atoms with van der Waals surface area (Å²) in [7, 11) is -1.28. The van der Waals surface area contributed by atoms with Crippen LogP contribution in [0.2, 0.25) is 35.7 Å². The molecule has 1 unspecified atom stereocenters. The molecule has 1 aliphatic heterocycles. The second kappa shape index (κ2) is 10.9. The van der Waals surface area contributed by atoms with Gasteiger partial charge in [0, 0.05) is 32.7 Å². The molecule has 4 rings (SSSR count). The van der Waals surface area contributed by atoms with Crippen molar-refractivity contribution < 1.29 is 18.3 Å². The number of amides is 1. The second-order valence-electron chi connectivity index (χ2n) is 10.0. The van der Waals surface area contributed by atoms with Crippen LogP contribution in [0.5, 0.6) is 0 Å². The van der Waals surface area contributed by atoms with Crippen LogP contribution in [0.3, 0.4) is 0 Å². The molecule has 12 heteroatoms. The predicted octanol–water partition coefficient (Wildman–Crippen LogP) is 5.83. The number of ether oxygens (including phenoxy) is 1. The van der Waals surface area contributed by atoms with Gasteiger partial charge in [0.05, 0.1) is 12.4 Å². The zero-order chi connectivity index (χ0) is 26.0. The van der Waals surface area contributed by atoms with Crippen LogP contribution >= 0.6 is 23.2 Å². The zero-order valence-corrected chi connectivity index (χ0v) is 22.8. The first-order valence-corrected chi connectivity index (χ1v) is 16.1. The number of nitrogens with zero attached hydrogens (tertiary/aromatic N) is 5. The van der Waals surface area contributed by atoms with Crippen molar-refractivity contribution in [3.05, 3.63) is 57.8 Å². The summed E-state index contributed by atoms with van der Waals surface area (Å²) < 4.78 is 35.4. The minimum Gasteiger partial charge on any atom is -0.359 e. The van der Waals surface area contributed by atoms with E-state index < -0.39 is 30.6 Å². The lowest BCUT2D eigenvalue weighted by molar-refractivity contribution is -0.120. The first-order valence-electron chi connectivity index (χ1n) is 11.6. The minimum absolute atomic E-state index is 0.125. The molecule has 1 saturated heterocycles. The van der Waals surface area contributed by atoms with Crippen molar-refractivity contribution in [1.29, 1.82) is 0 Å². The molecular weight excluding hydrogens is 527 g/mol. The highest BCUT2D eigenvalue weighted by atomic mass is 35.5. The van der Waals surface area contributed by atoms with Crippen LogP contribution in [-0.2, 0) is 22.7 Å². The fourth-order valence-corrected chi connectivity index (χ4v) is 5.28. The Bertz CT molecular complexity index is 1230. The van der Waals surface area contributed by atoms with Gasteiger partial charge in [-0.05, 0) is 42.6 Å². The molecule has 36 heavy (non-hydrogen) atoms. The average Bonchev–Trinajstić information content (AvgIpc) is 3.33. The van der Waals surface area contributed by atoms with Crippen LogP contribution in [0.15, 0.2) is 30.6 Å². The standard InChI is InChI=1S/C24H27Cl2F2N5O2Si/c1-36(2,3)9-8-35-14-33-23(21(26)22(31-33)17-4-6-29-30-13-17)32-7-5-16(24(32)34)10-15-11-18(27)20(25)19(28)12-15/h4,6,11-13,16H,5,7-10,14H2,1-3H3. The molecule has 0 aliphatic carbocycles. The fourth-order valence-electron chi connectivity index (χ4n) is 4.07. The Kier molecular flexibility index (Phi) is 8.08. The Morgan fingerprint density at radius 1 is 1.14 bits per heavy atom. The van der Waals surface area contributed by atoms with Gasteiger partial charge in [-0.15, -0.1) is 0 Å². The predicted molar refractivity (Wildman–Crippen MR) is 138 cm³/mol. The maximum atomic E-state index is 13.9. The van der Waals surface area contributed by atoms with Gasteiger partial charge in [0.1, 0.15) is 34.1 Å². The van der Waals surface area contributed by atoms with Crippen molar-refractivity contribution >= 4 is 43.0 Å². The molecule has 192 valence electrons. The number of aromatic nitrogens is 4. The Labute approximate surface area is 219 Å². The number of halogens is 4. The molecule has 1 aliphatic rings. The van der Waals surface area contributed by atoms with Gasteiger partial charge in [-0.1, -0.05) is 42.8 Å². The van der Waals surface area contributed by atoms with E-state index in [2.05, 4.69) is 34.9 Å². The van der Waals surface area contributed by atoms with Gasteiger partial charge in [-0.2, -0.15) is 15.3 Å². The van der Waals surface area contributed by atoms with E-state index in [0.717, 1.165) is 6.04 Å². The molecule has 0 N–H and O–H groups in total. The second-order valence-corrected chi connectivity index (χ2v) is 16.4. The Morgan fingerprint density at radius 2 is 1.86 bits per heavy atom. The molecule has 0 bridgehead atoms. The summed E-state index contributed by atoms with van der Waals surface area (Å²) in [5.41, 5.74) is 1.49. The highest BCUT2D eigenvalue weighted by molar-refractivity contribution is 6.76. The van der Waals surface area contributed by atoms with E-state index in [4.69, 9.17) is 27.9 Å². The van der Waals surface area contributed by atoms with E-state index in [1.807, 2.05) is 0 Å². The van der Waals surface area contributed by atoms with Crippen molar-refractivity contribution in [1.82, 2.24) is 20.0 Å². The number of hydrogen-bond donors (Lipinski definition) is 0. The summed E-state index contributed by atoms with van der Waals surface area (Å²) in [6.07, 6.45) is 3.76. The highest BCUT2D eigenvalue weighted by Crippen LogP contribution is 2.39. The van der Waals surface area contributed by atoms with Crippen molar-refractivity contribution in [2.24, 2.45) is 5.92 Å². The van der Waals surface area contributed by atoms with Gasteiger partial charge in [-0.3, -0.25) is 9.69 Å². The molecular formula is C24H27Cl2F2N5O2Si. The van der Waals surface area contributed by atoms with E-state index in [-0.39, 0.29) is 19.1 Å². The number of carbonyl (C=O) groups excluding carboxylic acids is 1. The van der Waals surface area contributed by atoms with Gasteiger partial charge in [0.2, 0.25) is 5.91 Å². The molecule has 2 aromatic heterocycles. The van der Waals surface area contributed by atoms with Gasteiger partial charge in [0.15, 0.2) is 5.82 Å². The molecule has 7 nitrogen and oxygen atoms in total. The van der Waals surface area contributed by atoms with E-state index in [1.165, 1.54) is 18.3 Å². The van der Waals surface area contributed by atoms with Crippen molar-refractivity contribution in [3.63, 3.8) is 0 Å². The average molecular weight is 555 g/mol. The topological polar surface area (TPSA) is 73.1 Å². The van der Waals surface area contributed by atoms with Crippen molar-refractivity contribution in [2.45, 2.75) is 45.3 Å². The summed E-state index contributed by atoms with van der Waals surface area (Å²) in [5, 5.41) is 12.1. The lowest BCUT2D eigenvalue weighted by Crippen LogP contribution is -2.30. The highest BCUT2D eigenvalue weighted by Gasteiger charge is 2.37. The molecule has 3 heterocycles. The van der Waals surface area contributed by atoms with Crippen LogP contribution in [0.1, 0.15) is 12.0 Å². The SMILES string of the molecule is C[Si](C)(C)CCOCn1nc(-c2ccnnc2)c(Cl)c1N1CCC(Cc2cc(F)c(Cl)c(F)c2)C1=O. The van der Waals surface area contributed by atoms with Crippen molar-refractivity contribution in [2.75, 3.05) is 18.1 Å². The Balaban J connectivity index is 1.59. The minimum atomic E-state index is -1.28. The smallest absolute Gasteiger partial charge is 0.231 e. The lowest BCUT2D eigenvalue weighted by Gasteiger charge is -2.20. The van der Waals surface area contributed by atoms with Crippen LogP contribution in [-0.4, -0.2) is 47.1 Å². The number of carbonyl (C=O) groups is 1. The third kappa shape index (κ3) is 5.94. The molecule has 1 amide bonds. The first-order chi connectivity index (χ1) is 17.0. The van der Waals surface area contributed by atoms with Crippen LogP contribution in [0, 0.1) is 17.6 Å². The monoisotopic (exact) mass is 553 g/mol. The number of anilines is 1. The Morgan fingerprint density at radius 3 is 2.50 bits per heavy atom. The van der Waals surface area contributed by atoms with E-state index in [0.29, 0.717) is 47.2 Å². The molecule has 1 aromatic carbocycles. The molecule has 3 aromatic rings. The number of hydrogen-bond acceptors (Lipinski definition) is 5. The van der Waals surface area contributed by atoms with Gasteiger partial charge >= 0.3 is 0 Å². The molecule has 1 fully saturated rings. The molecule has 0 radical (unpaired) electrons. The third-order valence-corrected chi connectivity index (χ3v) is 8.45. The summed E-state index contributed by atoms with van der Waals surface area (Å²) in [6, 6.07) is 5.05. The fraction of sp³-hybridized carbons (Fsp3) is 0.417. The van der Waals surface area contributed by atoms with Crippen LogP contribution < -0.4 is 4.90 Å². The summed E-state index contributed by atoms with van der Waals surface area (Å²) in [6.45, 7) is 7.88. The third-order valence-electron chi connectivity index (χ3n) is 6.03. The van der Waals surface area contributed by atoms with Crippen LogP contribution in [0.4, 0.5) is 14.6 Å². The number of rotatable bonds is 9. The van der Waals surface area contributed by atoms with E-state index in [1.54, 1.807) is 21.8 Å². The largest absolute Gasteiger partial charge is 0.359 e. The maximum Gasteiger partial charge on any atom is 0.231 e. The molecule has 0 saturated carbocycles. The van der Waals surface area contributed by atoms with Crippen molar-refractivity contribution in [3.8, 4) is 11.3 Å². The molecule has 0 spiro atoms. The molecule has 1 atom stereocenters. The lowest BCUT2D eigenvalue weighted by atomic mass is 9.98. The normalized spacial score (nSPS) is 16.2. The summed E-state index contributed by atoms with van der Waals surface area (Å²) in [5.74, 6) is -1.93. The van der Waals surface area contributed by atoms with Gasteiger partial charge < -0.3 is 4.74 Å². The zero-order valence-electron chi connectivity index (χ0n) is 20.3. The van der Waals surface area contributed by atoms with Gasteiger partial charge in [0.25, 0.3) is 0 Å².